The number of benzene rings is 2. The van der Waals surface area contributed by atoms with Crippen LogP contribution in [-0.4, -0.2) is 66.5 Å². The molecule has 1 spiro atoms. The molecule has 5 rings (SSSR count). The topological polar surface area (TPSA) is 61.9 Å². The van der Waals surface area contributed by atoms with Crippen molar-refractivity contribution in [1.82, 2.24) is 15.1 Å². The number of carbonyl (C=O) groups is 2. The Morgan fingerprint density at radius 2 is 1.61 bits per heavy atom. The number of piperidine rings is 2. The predicted molar refractivity (Wildman–Crippen MR) is 142 cm³/mol. The van der Waals surface area contributed by atoms with Gasteiger partial charge in [-0.1, -0.05) is 12.1 Å². The van der Waals surface area contributed by atoms with Crippen molar-refractivity contribution in [3.8, 4) is 5.75 Å². The van der Waals surface area contributed by atoms with Crippen molar-refractivity contribution >= 4 is 17.4 Å². The summed E-state index contributed by atoms with van der Waals surface area (Å²) in [5, 5.41) is 3.44. The molecule has 0 aliphatic carbocycles. The van der Waals surface area contributed by atoms with Gasteiger partial charge in [0.2, 0.25) is 0 Å². The monoisotopic (exact) mass is 487 g/mol. The molecule has 36 heavy (non-hydrogen) atoms. The predicted octanol–water partition coefficient (Wildman–Crippen LogP) is 4.74. The third kappa shape index (κ3) is 4.79. The molecule has 0 unspecified atom stereocenters. The molecule has 2 saturated heterocycles. The summed E-state index contributed by atoms with van der Waals surface area (Å²) in [5.74, 6) is 0.976. The van der Waals surface area contributed by atoms with Crippen LogP contribution < -0.4 is 10.1 Å². The Bertz CT molecular complexity index is 1140. The van der Waals surface area contributed by atoms with Crippen LogP contribution in [-0.2, 0) is 0 Å². The van der Waals surface area contributed by atoms with Gasteiger partial charge in [-0.15, -0.1) is 0 Å². The van der Waals surface area contributed by atoms with E-state index in [1.807, 2.05) is 66.1 Å². The molecule has 1 N–H and O–H groups in total. The second kappa shape index (κ2) is 10.5. The largest absolute Gasteiger partial charge is 0.482 e. The fourth-order valence-corrected chi connectivity index (χ4v) is 5.65. The van der Waals surface area contributed by atoms with Crippen LogP contribution in [0.2, 0.25) is 0 Å². The van der Waals surface area contributed by atoms with E-state index in [0.29, 0.717) is 24.2 Å². The average molecular weight is 488 g/mol. The van der Waals surface area contributed by atoms with Gasteiger partial charge in [-0.05, 0) is 93.7 Å². The van der Waals surface area contributed by atoms with E-state index in [9.17, 15) is 9.59 Å². The van der Waals surface area contributed by atoms with Crippen LogP contribution in [0.1, 0.15) is 77.8 Å². The Labute approximate surface area is 214 Å². The van der Waals surface area contributed by atoms with Crippen molar-refractivity contribution in [3.05, 3.63) is 70.8 Å². The minimum absolute atomic E-state index is 0.0529. The van der Waals surface area contributed by atoms with Gasteiger partial charge in [0.05, 0.1) is 0 Å². The van der Waals surface area contributed by atoms with Gasteiger partial charge in [0, 0.05) is 55.7 Å². The van der Waals surface area contributed by atoms with Crippen molar-refractivity contribution < 1.29 is 14.3 Å². The summed E-state index contributed by atoms with van der Waals surface area (Å²) >= 11 is 0. The van der Waals surface area contributed by atoms with E-state index in [-0.39, 0.29) is 17.4 Å². The molecule has 6 heteroatoms. The number of fused-ring (bicyclic) bond motifs is 1. The maximum absolute atomic E-state index is 13.3. The van der Waals surface area contributed by atoms with E-state index in [2.05, 4.69) is 11.4 Å². The molecule has 190 valence electrons. The summed E-state index contributed by atoms with van der Waals surface area (Å²) < 4.78 is 6.61. The van der Waals surface area contributed by atoms with Crippen LogP contribution in [0, 0.1) is 0 Å². The van der Waals surface area contributed by atoms with Crippen molar-refractivity contribution in [1.29, 1.82) is 0 Å². The lowest BCUT2D eigenvalue weighted by molar-refractivity contribution is 0.0722. The van der Waals surface area contributed by atoms with Gasteiger partial charge < -0.3 is 19.9 Å². The summed E-state index contributed by atoms with van der Waals surface area (Å²) in [6, 6.07) is 13.8. The standard InChI is InChI=1S/C30H37N3O3/c1-3-32(4-2)28(34)23-10-8-22(9-11-23)26-21-30(14-16-31-17-15-30)36-27-13-12-24(20-25(26)27)29(35)33-18-6-5-7-19-33/h8-13,20-21,31H,3-7,14-19H2,1-2H3. The number of ether oxygens (including phenoxy) is 1. The Morgan fingerprint density at radius 1 is 0.944 bits per heavy atom. The third-order valence-electron chi connectivity index (χ3n) is 7.82. The number of nitrogens with one attached hydrogen (secondary N) is 1. The van der Waals surface area contributed by atoms with Gasteiger partial charge in [0.15, 0.2) is 0 Å². The van der Waals surface area contributed by atoms with Gasteiger partial charge in [0.1, 0.15) is 11.4 Å². The molecule has 0 radical (unpaired) electrons. The van der Waals surface area contributed by atoms with Crippen LogP contribution in [0.25, 0.3) is 5.57 Å². The maximum atomic E-state index is 13.3. The molecule has 2 aromatic carbocycles. The molecule has 2 aromatic rings. The maximum Gasteiger partial charge on any atom is 0.253 e. The molecule has 0 saturated carbocycles. The first kappa shape index (κ1) is 24.6. The first-order chi connectivity index (χ1) is 17.5. The molecular formula is C30H37N3O3. The number of likely N-dealkylation sites (tertiary alicyclic amines) is 1. The third-order valence-corrected chi connectivity index (χ3v) is 7.82. The number of hydrogen-bond acceptors (Lipinski definition) is 4. The zero-order chi connectivity index (χ0) is 25.1. The van der Waals surface area contributed by atoms with E-state index in [4.69, 9.17) is 4.74 Å². The zero-order valence-corrected chi connectivity index (χ0v) is 21.5. The highest BCUT2D eigenvalue weighted by Gasteiger charge is 2.37. The lowest BCUT2D eigenvalue weighted by atomic mass is 9.83. The number of amides is 2. The van der Waals surface area contributed by atoms with E-state index in [0.717, 1.165) is 74.3 Å². The molecule has 3 aliphatic rings. The van der Waals surface area contributed by atoms with Gasteiger partial charge in [-0.25, -0.2) is 0 Å². The lowest BCUT2D eigenvalue weighted by Crippen LogP contribution is -2.46. The second-order valence-electron chi connectivity index (χ2n) is 10.1. The molecule has 2 fully saturated rings. The zero-order valence-electron chi connectivity index (χ0n) is 21.5. The number of rotatable bonds is 5. The quantitative estimate of drug-likeness (QED) is 0.662. The summed E-state index contributed by atoms with van der Waals surface area (Å²) in [5.41, 5.74) is 4.11. The fourth-order valence-electron chi connectivity index (χ4n) is 5.65. The smallest absolute Gasteiger partial charge is 0.253 e. The van der Waals surface area contributed by atoms with Crippen LogP contribution in [0.4, 0.5) is 0 Å². The van der Waals surface area contributed by atoms with Crippen molar-refractivity contribution in [2.75, 3.05) is 39.3 Å². The Hall–Kier alpha value is -3.12. The first-order valence-corrected chi connectivity index (χ1v) is 13.5. The van der Waals surface area contributed by atoms with Gasteiger partial charge in [-0.3, -0.25) is 9.59 Å². The minimum atomic E-state index is -0.359. The molecule has 2 amide bonds. The van der Waals surface area contributed by atoms with Crippen LogP contribution >= 0.6 is 0 Å². The molecule has 3 heterocycles. The molecule has 6 nitrogen and oxygen atoms in total. The van der Waals surface area contributed by atoms with Crippen molar-refractivity contribution in [2.24, 2.45) is 0 Å². The number of hydrogen-bond donors (Lipinski definition) is 1. The average Bonchev–Trinajstić information content (AvgIpc) is 2.93. The summed E-state index contributed by atoms with van der Waals surface area (Å²) in [6.07, 6.45) is 7.37. The molecule has 0 aromatic heterocycles. The van der Waals surface area contributed by atoms with Crippen LogP contribution in [0.3, 0.4) is 0 Å². The van der Waals surface area contributed by atoms with Crippen molar-refractivity contribution in [2.45, 2.75) is 51.6 Å². The highest BCUT2D eigenvalue weighted by atomic mass is 16.5. The van der Waals surface area contributed by atoms with E-state index in [1.165, 1.54) is 6.42 Å². The first-order valence-electron chi connectivity index (χ1n) is 13.5. The number of carbonyl (C=O) groups excluding carboxylic acids is 2. The summed E-state index contributed by atoms with van der Waals surface area (Å²) in [4.78, 5) is 29.9. The van der Waals surface area contributed by atoms with E-state index >= 15 is 0 Å². The van der Waals surface area contributed by atoms with E-state index in [1.54, 1.807) is 0 Å². The Kier molecular flexibility index (Phi) is 7.15. The lowest BCUT2D eigenvalue weighted by Gasteiger charge is -2.40. The number of nitrogens with zero attached hydrogens (tertiary/aromatic N) is 2. The Morgan fingerprint density at radius 3 is 2.28 bits per heavy atom. The normalized spacial score (nSPS) is 18.7. The van der Waals surface area contributed by atoms with Gasteiger partial charge >= 0.3 is 0 Å². The fraction of sp³-hybridized carbons (Fsp3) is 0.467. The van der Waals surface area contributed by atoms with Crippen LogP contribution in [0.5, 0.6) is 5.75 Å². The minimum Gasteiger partial charge on any atom is -0.482 e. The van der Waals surface area contributed by atoms with Gasteiger partial charge in [0.25, 0.3) is 11.8 Å². The van der Waals surface area contributed by atoms with Gasteiger partial charge in [-0.2, -0.15) is 0 Å². The highest BCUT2D eigenvalue weighted by Crippen LogP contribution is 2.43. The summed E-state index contributed by atoms with van der Waals surface area (Å²) in [6.45, 7) is 8.85. The molecule has 3 aliphatic heterocycles. The molecule has 0 atom stereocenters. The second-order valence-corrected chi connectivity index (χ2v) is 10.1. The Balaban J connectivity index is 1.52. The summed E-state index contributed by atoms with van der Waals surface area (Å²) in [7, 11) is 0. The van der Waals surface area contributed by atoms with Crippen LogP contribution in [0.15, 0.2) is 48.5 Å². The van der Waals surface area contributed by atoms with Crippen molar-refractivity contribution in [3.63, 3.8) is 0 Å². The van der Waals surface area contributed by atoms with E-state index < -0.39 is 0 Å². The molecule has 0 bridgehead atoms. The SMILES string of the molecule is CCN(CC)C(=O)c1ccc(C2=CC3(CCNCC3)Oc3ccc(C(=O)N4CCCCC4)cc32)cc1. The molecular weight excluding hydrogens is 450 g/mol. The highest BCUT2D eigenvalue weighted by molar-refractivity contribution is 5.98.